The number of nitrogens with one attached hydrogen (secondary N) is 1. The minimum atomic E-state index is 0.624. The summed E-state index contributed by atoms with van der Waals surface area (Å²) in [5, 5.41) is 11.2. The van der Waals surface area contributed by atoms with Gasteiger partial charge in [-0.3, -0.25) is 0 Å². The highest BCUT2D eigenvalue weighted by molar-refractivity contribution is 7.09. The largest absolute Gasteiger partial charge is 0.399 e. The van der Waals surface area contributed by atoms with E-state index in [0.29, 0.717) is 5.92 Å². The molecular formula is C17H27N3OS. The first-order valence-corrected chi connectivity index (χ1v) is 9.51. The molecule has 1 N–H and O–H groups in total. The van der Waals surface area contributed by atoms with Gasteiger partial charge >= 0.3 is 0 Å². The number of oxime groups is 1. The lowest BCUT2D eigenvalue weighted by molar-refractivity contribution is 0.211. The predicted molar refractivity (Wildman–Crippen MR) is 91.7 cm³/mol. The summed E-state index contributed by atoms with van der Waals surface area (Å²) in [5.74, 6) is 1.38. The molecule has 4 nitrogen and oxygen atoms in total. The summed E-state index contributed by atoms with van der Waals surface area (Å²) in [6, 6.07) is 0. The van der Waals surface area contributed by atoms with Crippen molar-refractivity contribution in [3.05, 3.63) is 16.1 Å². The van der Waals surface area contributed by atoms with Crippen molar-refractivity contribution in [1.82, 2.24) is 10.3 Å². The van der Waals surface area contributed by atoms with Crippen molar-refractivity contribution in [2.45, 2.75) is 57.3 Å². The van der Waals surface area contributed by atoms with Crippen molar-refractivity contribution in [2.24, 2.45) is 11.1 Å². The van der Waals surface area contributed by atoms with E-state index < -0.39 is 0 Å². The van der Waals surface area contributed by atoms with Gasteiger partial charge in [0.05, 0.1) is 10.7 Å². The fourth-order valence-electron chi connectivity index (χ4n) is 3.64. The quantitative estimate of drug-likeness (QED) is 0.660. The Balaban J connectivity index is 1.68. The van der Waals surface area contributed by atoms with Crippen LogP contribution in [0.3, 0.4) is 0 Å². The molecule has 1 aromatic rings. The summed E-state index contributed by atoms with van der Waals surface area (Å²) in [5.41, 5.74) is 2.09. The van der Waals surface area contributed by atoms with Gasteiger partial charge in [-0.15, -0.1) is 11.3 Å². The summed E-state index contributed by atoms with van der Waals surface area (Å²) in [7, 11) is 1.64. The summed E-state index contributed by atoms with van der Waals surface area (Å²) in [6.45, 7) is 2.22. The Hall–Kier alpha value is -0.940. The van der Waals surface area contributed by atoms with Crippen molar-refractivity contribution in [1.29, 1.82) is 0 Å². The van der Waals surface area contributed by atoms with Crippen LogP contribution in [-0.2, 0) is 4.84 Å². The standard InChI is InChI=1S/C17H27N3OS/c1-21-20-15(11-13-5-3-2-4-6-13)16-12-22-17(19-16)14-7-9-18-10-8-14/h12-14,18H,2-11H2,1H3/b20-15-. The maximum atomic E-state index is 5.10. The number of hydrogen-bond acceptors (Lipinski definition) is 5. The average Bonchev–Trinajstić information content (AvgIpc) is 3.06. The zero-order valence-corrected chi connectivity index (χ0v) is 14.3. The van der Waals surface area contributed by atoms with Crippen LogP contribution >= 0.6 is 11.3 Å². The molecule has 0 atom stereocenters. The Morgan fingerprint density at radius 2 is 2.05 bits per heavy atom. The fraction of sp³-hybridized carbons (Fsp3) is 0.765. The van der Waals surface area contributed by atoms with Crippen LogP contribution in [0.4, 0.5) is 0 Å². The minimum absolute atomic E-state index is 0.624. The summed E-state index contributed by atoms with van der Waals surface area (Å²) < 4.78 is 0. The van der Waals surface area contributed by atoms with Gasteiger partial charge in [0.15, 0.2) is 0 Å². The molecule has 2 heterocycles. The maximum Gasteiger partial charge on any atom is 0.106 e. The van der Waals surface area contributed by atoms with Crippen LogP contribution in [0, 0.1) is 5.92 Å². The molecule has 0 bridgehead atoms. The van der Waals surface area contributed by atoms with Crippen molar-refractivity contribution in [2.75, 3.05) is 20.2 Å². The average molecular weight is 321 g/mol. The second-order valence-corrected chi connectivity index (χ2v) is 7.41. The van der Waals surface area contributed by atoms with Crippen molar-refractivity contribution >= 4 is 17.0 Å². The summed E-state index contributed by atoms with van der Waals surface area (Å²) in [6.07, 6.45) is 10.2. The van der Waals surface area contributed by atoms with Crippen LogP contribution in [0.2, 0.25) is 0 Å². The van der Waals surface area contributed by atoms with Crippen molar-refractivity contribution < 1.29 is 4.84 Å². The lowest BCUT2D eigenvalue weighted by Gasteiger charge is -2.21. The van der Waals surface area contributed by atoms with Crippen LogP contribution in [0.15, 0.2) is 10.5 Å². The second kappa shape index (κ2) is 8.06. The number of aromatic nitrogens is 1. The molecule has 22 heavy (non-hydrogen) atoms. The normalized spacial score (nSPS) is 22.0. The van der Waals surface area contributed by atoms with Gasteiger partial charge in [0.2, 0.25) is 0 Å². The van der Waals surface area contributed by atoms with Crippen molar-refractivity contribution in [3.8, 4) is 0 Å². The number of piperidine rings is 1. The molecule has 0 radical (unpaired) electrons. The molecule has 5 heteroatoms. The second-order valence-electron chi connectivity index (χ2n) is 6.52. The Kier molecular flexibility index (Phi) is 5.84. The van der Waals surface area contributed by atoms with E-state index in [1.807, 2.05) is 0 Å². The fourth-order valence-corrected chi connectivity index (χ4v) is 4.64. The van der Waals surface area contributed by atoms with E-state index in [4.69, 9.17) is 9.82 Å². The molecule has 0 spiro atoms. The van der Waals surface area contributed by atoms with Crippen LogP contribution < -0.4 is 5.32 Å². The van der Waals surface area contributed by atoms with E-state index >= 15 is 0 Å². The molecule has 2 aliphatic rings. The Morgan fingerprint density at radius 1 is 1.27 bits per heavy atom. The molecule has 3 rings (SSSR count). The first-order valence-electron chi connectivity index (χ1n) is 8.63. The van der Waals surface area contributed by atoms with E-state index in [-0.39, 0.29) is 0 Å². The molecule has 0 aromatic carbocycles. The Morgan fingerprint density at radius 3 is 2.77 bits per heavy atom. The molecule has 1 saturated heterocycles. The van der Waals surface area contributed by atoms with E-state index in [9.17, 15) is 0 Å². The first-order chi connectivity index (χ1) is 10.9. The third kappa shape index (κ3) is 4.07. The number of thiazole rings is 1. The van der Waals surface area contributed by atoms with Crippen LogP contribution in [-0.4, -0.2) is 30.9 Å². The topological polar surface area (TPSA) is 46.5 Å². The molecule has 1 aliphatic carbocycles. The van der Waals surface area contributed by atoms with Crippen molar-refractivity contribution in [3.63, 3.8) is 0 Å². The van der Waals surface area contributed by atoms with Crippen LogP contribution in [0.1, 0.15) is 68.0 Å². The van der Waals surface area contributed by atoms with Crippen LogP contribution in [0.5, 0.6) is 0 Å². The molecule has 1 saturated carbocycles. The van der Waals surface area contributed by atoms with E-state index in [2.05, 4.69) is 15.9 Å². The zero-order chi connectivity index (χ0) is 15.2. The number of hydrogen-bond donors (Lipinski definition) is 1. The van der Waals surface area contributed by atoms with E-state index in [0.717, 1.165) is 36.8 Å². The molecule has 0 unspecified atom stereocenters. The van der Waals surface area contributed by atoms with Gasteiger partial charge in [0, 0.05) is 11.3 Å². The van der Waals surface area contributed by atoms with Gasteiger partial charge in [0.1, 0.15) is 12.8 Å². The highest BCUT2D eigenvalue weighted by Gasteiger charge is 2.22. The summed E-state index contributed by atoms with van der Waals surface area (Å²) in [4.78, 5) is 10.00. The predicted octanol–water partition coefficient (Wildman–Crippen LogP) is 3.93. The monoisotopic (exact) mass is 321 g/mol. The van der Waals surface area contributed by atoms with Gasteiger partial charge in [-0.1, -0.05) is 37.3 Å². The smallest absolute Gasteiger partial charge is 0.106 e. The Labute approximate surface area is 137 Å². The lowest BCUT2D eigenvalue weighted by atomic mass is 9.85. The number of rotatable bonds is 5. The molecule has 1 aromatic heterocycles. The molecule has 0 amide bonds. The van der Waals surface area contributed by atoms with Crippen LogP contribution in [0.25, 0.3) is 0 Å². The lowest BCUT2D eigenvalue weighted by Crippen LogP contribution is -2.26. The van der Waals surface area contributed by atoms with E-state index in [1.54, 1.807) is 18.4 Å². The Bertz CT molecular complexity index is 488. The molecule has 1 aliphatic heterocycles. The molecule has 2 fully saturated rings. The van der Waals surface area contributed by atoms with Gasteiger partial charge in [-0.25, -0.2) is 4.98 Å². The molecule has 122 valence electrons. The highest BCUT2D eigenvalue weighted by Crippen LogP contribution is 2.31. The highest BCUT2D eigenvalue weighted by atomic mass is 32.1. The zero-order valence-electron chi connectivity index (χ0n) is 13.5. The van der Waals surface area contributed by atoms with Gasteiger partial charge in [0.25, 0.3) is 0 Å². The SMILES string of the molecule is CO/N=C(/CC1CCCCC1)c1csc(C2CCNCC2)n1. The molecular weight excluding hydrogens is 294 g/mol. The van der Waals surface area contributed by atoms with Gasteiger partial charge in [-0.05, 0) is 38.3 Å². The minimum Gasteiger partial charge on any atom is -0.399 e. The maximum absolute atomic E-state index is 5.10. The summed E-state index contributed by atoms with van der Waals surface area (Å²) >= 11 is 1.80. The number of nitrogens with zero attached hydrogens (tertiary/aromatic N) is 2. The van der Waals surface area contributed by atoms with E-state index in [1.165, 1.54) is 50.0 Å². The first kappa shape index (κ1) is 15.9. The van der Waals surface area contributed by atoms with Gasteiger partial charge < -0.3 is 10.2 Å². The third-order valence-electron chi connectivity index (χ3n) is 4.91. The third-order valence-corrected chi connectivity index (χ3v) is 5.92. The van der Waals surface area contributed by atoms with Gasteiger partial charge in [-0.2, -0.15) is 0 Å².